The largest absolute Gasteiger partial charge is 0.481 e. The van der Waals surface area contributed by atoms with Gasteiger partial charge in [-0.25, -0.2) is 4.98 Å². The standard InChI is InChI=1S/C29H38N4O3/c34-27(9-3-7-24-11-10-21-6-4-14-30-29(21)32-24)33-15-12-20(13-16-33)25(18-28(35)36)23-17-22-5-1-2-8-26(22)31-19-23/h1-2,5,8,10-11,20,23,25,31H,3-4,6-7,9,12-19H2,(H,30,32)(H,35,36)/t23?,25-/m0/s1. The lowest BCUT2D eigenvalue weighted by Gasteiger charge is -2.40. The summed E-state index contributed by atoms with van der Waals surface area (Å²) < 4.78 is 0. The molecule has 1 amide bonds. The molecule has 2 aromatic rings. The van der Waals surface area contributed by atoms with E-state index in [4.69, 9.17) is 4.98 Å². The molecule has 3 aliphatic heterocycles. The second kappa shape index (κ2) is 11.3. The van der Waals surface area contributed by atoms with Crippen LogP contribution < -0.4 is 10.6 Å². The van der Waals surface area contributed by atoms with Gasteiger partial charge in [-0.3, -0.25) is 9.59 Å². The van der Waals surface area contributed by atoms with Crippen molar-refractivity contribution in [3.8, 4) is 0 Å². The van der Waals surface area contributed by atoms with Crippen LogP contribution in [0.15, 0.2) is 36.4 Å². The lowest BCUT2D eigenvalue weighted by atomic mass is 9.72. The van der Waals surface area contributed by atoms with Crippen LogP contribution in [-0.2, 0) is 28.9 Å². The van der Waals surface area contributed by atoms with Crippen molar-refractivity contribution in [1.29, 1.82) is 0 Å². The van der Waals surface area contributed by atoms with Crippen LogP contribution in [0.3, 0.4) is 0 Å². The number of carbonyl (C=O) groups is 2. The molecule has 7 heteroatoms. The molecule has 0 aliphatic carbocycles. The number of fused-ring (bicyclic) bond motifs is 2. The topological polar surface area (TPSA) is 94.6 Å². The van der Waals surface area contributed by atoms with Crippen molar-refractivity contribution in [1.82, 2.24) is 9.88 Å². The molecule has 192 valence electrons. The molecule has 0 bridgehead atoms. The number of pyridine rings is 1. The van der Waals surface area contributed by atoms with Gasteiger partial charge in [0.05, 0.1) is 0 Å². The number of nitrogens with one attached hydrogen (secondary N) is 2. The minimum absolute atomic E-state index is 0.129. The number of likely N-dealkylation sites (tertiary alicyclic amines) is 1. The Morgan fingerprint density at radius 1 is 1.06 bits per heavy atom. The van der Waals surface area contributed by atoms with Crippen molar-refractivity contribution >= 4 is 23.4 Å². The van der Waals surface area contributed by atoms with Gasteiger partial charge in [0, 0.05) is 50.4 Å². The van der Waals surface area contributed by atoms with Crippen LogP contribution in [-0.4, -0.2) is 53.0 Å². The minimum Gasteiger partial charge on any atom is -0.481 e. The number of piperidine rings is 1. The first-order valence-electron chi connectivity index (χ1n) is 13.6. The number of carbonyl (C=O) groups excluding carboxylic acids is 1. The molecule has 1 saturated heterocycles. The third-order valence-corrected chi connectivity index (χ3v) is 8.34. The molecule has 0 spiro atoms. The Hall–Kier alpha value is -3.09. The molecule has 3 N–H and O–H groups in total. The summed E-state index contributed by atoms with van der Waals surface area (Å²) in [6.07, 6.45) is 7.30. The molecular weight excluding hydrogens is 452 g/mol. The SMILES string of the molecule is O=C(O)C[C@@H](C1CCN(C(=O)CCCc2ccc3c(n2)NCCC3)CC1)C1CNc2ccccc2C1. The van der Waals surface area contributed by atoms with Crippen LogP contribution >= 0.6 is 0 Å². The third kappa shape index (κ3) is 5.82. The van der Waals surface area contributed by atoms with Crippen molar-refractivity contribution in [2.75, 3.05) is 36.8 Å². The average molecular weight is 491 g/mol. The second-order valence-corrected chi connectivity index (χ2v) is 10.7. The van der Waals surface area contributed by atoms with Crippen LogP contribution in [0.2, 0.25) is 0 Å². The molecule has 36 heavy (non-hydrogen) atoms. The van der Waals surface area contributed by atoms with E-state index in [1.165, 1.54) is 16.8 Å². The molecule has 4 heterocycles. The first-order chi connectivity index (χ1) is 17.6. The highest BCUT2D eigenvalue weighted by Gasteiger charge is 2.36. The van der Waals surface area contributed by atoms with E-state index in [9.17, 15) is 14.7 Å². The van der Waals surface area contributed by atoms with E-state index in [0.29, 0.717) is 18.3 Å². The minimum atomic E-state index is -0.719. The molecular formula is C29H38N4O3. The molecule has 2 atom stereocenters. The molecule has 1 aromatic heterocycles. The summed E-state index contributed by atoms with van der Waals surface area (Å²) in [6.45, 7) is 3.27. The van der Waals surface area contributed by atoms with E-state index < -0.39 is 5.97 Å². The average Bonchev–Trinajstić information content (AvgIpc) is 2.91. The number of para-hydroxylation sites is 1. The number of hydrogen-bond acceptors (Lipinski definition) is 5. The molecule has 7 nitrogen and oxygen atoms in total. The maximum absolute atomic E-state index is 12.9. The van der Waals surface area contributed by atoms with Crippen molar-refractivity contribution in [3.05, 3.63) is 53.2 Å². The van der Waals surface area contributed by atoms with E-state index in [1.54, 1.807) is 0 Å². The monoisotopic (exact) mass is 490 g/mol. The van der Waals surface area contributed by atoms with Gasteiger partial charge in [-0.15, -0.1) is 0 Å². The molecule has 0 radical (unpaired) electrons. The van der Waals surface area contributed by atoms with Gasteiger partial charge >= 0.3 is 5.97 Å². The summed E-state index contributed by atoms with van der Waals surface area (Å²) in [5.74, 6) is 1.29. The zero-order valence-electron chi connectivity index (χ0n) is 21.0. The smallest absolute Gasteiger partial charge is 0.303 e. The number of carboxylic acid groups (broad SMARTS) is 1. The van der Waals surface area contributed by atoms with E-state index in [1.807, 2.05) is 11.0 Å². The second-order valence-electron chi connectivity index (χ2n) is 10.7. The molecule has 3 aliphatic rings. The summed E-state index contributed by atoms with van der Waals surface area (Å²) in [5, 5.41) is 16.5. The van der Waals surface area contributed by atoms with E-state index in [2.05, 4.69) is 41.0 Å². The number of nitrogens with zero attached hydrogens (tertiary/aromatic N) is 2. The summed E-state index contributed by atoms with van der Waals surface area (Å²) in [5.41, 5.74) is 4.79. The quantitative estimate of drug-likeness (QED) is 0.509. The number of hydrogen-bond donors (Lipinski definition) is 3. The molecule has 0 saturated carbocycles. The number of rotatable bonds is 8. The molecule has 1 aromatic carbocycles. The molecule has 5 rings (SSSR count). The Bertz CT molecular complexity index is 1080. The van der Waals surface area contributed by atoms with Crippen LogP contribution in [0.1, 0.15) is 55.3 Å². The van der Waals surface area contributed by atoms with Gasteiger partial charge < -0.3 is 20.6 Å². The maximum Gasteiger partial charge on any atom is 0.303 e. The van der Waals surface area contributed by atoms with Gasteiger partial charge in [-0.2, -0.15) is 0 Å². The predicted octanol–water partition coefficient (Wildman–Crippen LogP) is 4.38. The zero-order chi connectivity index (χ0) is 24.9. The van der Waals surface area contributed by atoms with Gasteiger partial charge in [-0.1, -0.05) is 24.3 Å². The Labute approximate surface area is 213 Å². The van der Waals surface area contributed by atoms with Crippen molar-refractivity contribution in [3.63, 3.8) is 0 Å². The van der Waals surface area contributed by atoms with Crippen molar-refractivity contribution in [2.45, 2.75) is 57.8 Å². The van der Waals surface area contributed by atoms with Gasteiger partial charge in [0.25, 0.3) is 0 Å². The van der Waals surface area contributed by atoms with Crippen LogP contribution in [0.5, 0.6) is 0 Å². The predicted molar refractivity (Wildman–Crippen MR) is 141 cm³/mol. The Morgan fingerprint density at radius 3 is 2.72 bits per heavy atom. The summed E-state index contributed by atoms with van der Waals surface area (Å²) >= 11 is 0. The van der Waals surface area contributed by atoms with Crippen molar-refractivity contribution < 1.29 is 14.7 Å². The maximum atomic E-state index is 12.9. The summed E-state index contributed by atoms with van der Waals surface area (Å²) in [7, 11) is 0. The normalized spacial score (nSPS) is 20.4. The summed E-state index contributed by atoms with van der Waals surface area (Å²) in [4.78, 5) is 31.4. The highest BCUT2D eigenvalue weighted by atomic mass is 16.4. The van der Waals surface area contributed by atoms with E-state index in [-0.39, 0.29) is 18.2 Å². The fourth-order valence-corrected chi connectivity index (χ4v) is 6.35. The Morgan fingerprint density at radius 2 is 1.89 bits per heavy atom. The lowest BCUT2D eigenvalue weighted by molar-refractivity contribution is -0.140. The van der Waals surface area contributed by atoms with Gasteiger partial charge in [0.1, 0.15) is 5.82 Å². The number of aryl methyl sites for hydroxylation is 2. The number of carboxylic acids is 1. The number of anilines is 2. The number of benzene rings is 1. The first kappa shape index (κ1) is 24.6. The van der Waals surface area contributed by atoms with Gasteiger partial charge in [0.15, 0.2) is 0 Å². The zero-order valence-corrected chi connectivity index (χ0v) is 21.0. The summed E-state index contributed by atoms with van der Waals surface area (Å²) in [6, 6.07) is 12.6. The molecule has 1 fully saturated rings. The third-order valence-electron chi connectivity index (χ3n) is 8.34. The Balaban J connectivity index is 1.11. The van der Waals surface area contributed by atoms with Crippen LogP contribution in [0, 0.1) is 17.8 Å². The van der Waals surface area contributed by atoms with Gasteiger partial charge in [-0.05, 0) is 86.0 Å². The highest BCUT2D eigenvalue weighted by Crippen LogP contribution is 2.38. The number of amides is 1. The Kier molecular flexibility index (Phi) is 7.73. The van der Waals surface area contributed by atoms with E-state index >= 15 is 0 Å². The molecule has 1 unspecified atom stereocenters. The van der Waals surface area contributed by atoms with Crippen LogP contribution in [0.4, 0.5) is 11.5 Å². The van der Waals surface area contributed by atoms with E-state index in [0.717, 1.165) is 82.6 Å². The van der Waals surface area contributed by atoms with Crippen LogP contribution in [0.25, 0.3) is 0 Å². The number of aliphatic carboxylic acids is 1. The lowest BCUT2D eigenvalue weighted by Crippen LogP contribution is -2.43. The van der Waals surface area contributed by atoms with Crippen molar-refractivity contribution in [2.24, 2.45) is 17.8 Å². The fourth-order valence-electron chi connectivity index (χ4n) is 6.35. The highest BCUT2D eigenvalue weighted by molar-refractivity contribution is 5.76. The first-order valence-corrected chi connectivity index (χ1v) is 13.6. The van der Waals surface area contributed by atoms with Gasteiger partial charge in [0.2, 0.25) is 5.91 Å². The fraction of sp³-hybridized carbons (Fsp3) is 0.552. The number of aromatic nitrogens is 1.